The number of aryl methyl sites for hydroxylation is 1. The van der Waals surface area contributed by atoms with Crippen LogP contribution in [0.1, 0.15) is 16.2 Å². The van der Waals surface area contributed by atoms with Gasteiger partial charge in [-0.25, -0.2) is 4.98 Å². The number of anilines is 2. The first-order chi connectivity index (χ1) is 7.15. The summed E-state index contributed by atoms with van der Waals surface area (Å²) in [6.45, 7) is 1.86. The van der Waals surface area contributed by atoms with E-state index in [4.69, 9.17) is 10.2 Å². The highest BCUT2D eigenvalue weighted by atomic mass is 32.1. The first kappa shape index (κ1) is 9.72. The molecule has 0 radical (unpaired) electrons. The van der Waals surface area contributed by atoms with E-state index in [9.17, 15) is 4.79 Å². The second-order valence-corrected chi connectivity index (χ2v) is 3.81. The zero-order valence-corrected chi connectivity index (χ0v) is 8.80. The maximum atomic E-state index is 11.5. The van der Waals surface area contributed by atoms with Crippen LogP contribution in [-0.2, 0) is 0 Å². The maximum Gasteiger partial charge on any atom is 0.293 e. The van der Waals surface area contributed by atoms with Crippen molar-refractivity contribution in [1.29, 1.82) is 0 Å². The van der Waals surface area contributed by atoms with Crippen molar-refractivity contribution in [1.82, 2.24) is 4.98 Å². The summed E-state index contributed by atoms with van der Waals surface area (Å²) in [7, 11) is 0. The Balaban J connectivity index is 2.10. The quantitative estimate of drug-likeness (QED) is 0.814. The zero-order chi connectivity index (χ0) is 10.8. The molecule has 15 heavy (non-hydrogen) atoms. The van der Waals surface area contributed by atoms with Gasteiger partial charge in [-0.05, 0) is 13.0 Å². The average Bonchev–Trinajstić information content (AvgIpc) is 2.75. The Hall–Kier alpha value is -1.82. The third kappa shape index (κ3) is 2.16. The number of carbonyl (C=O) groups is 1. The van der Waals surface area contributed by atoms with Gasteiger partial charge in [0.2, 0.25) is 0 Å². The number of nitrogen functional groups attached to an aromatic ring is 1. The zero-order valence-electron chi connectivity index (χ0n) is 7.98. The standard InChI is InChI=1S/C9H9N3O2S/c1-5-4-15-9(11-5)12-8(13)6-2-3-7(10)14-6/h2-4H,10H2,1H3,(H,11,12,13). The van der Waals surface area contributed by atoms with E-state index in [2.05, 4.69) is 10.3 Å². The molecule has 0 saturated carbocycles. The van der Waals surface area contributed by atoms with E-state index in [1.807, 2.05) is 12.3 Å². The molecule has 0 aliphatic carbocycles. The number of thiazole rings is 1. The van der Waals surface area contributed by atoms with Gasteiger partial charge in [-0.15, -0.1) is 11.3 Å². The van der Waals surface area contributed by atoms with Gasteiger partial charge >= 0.3 is 0 Å². The summed E-state index contributed by atoms with van der Waals surface area (Å²) in [6, 6.07) is 3.05. The van der Waals surface area contributed by atoms with E-state index in [1.165, 1.54) is 23.5 Å². The van der Waals surface area contributed by atoms with Crippen LogP contribution in [0.3, 0.4) is 0 Å². The number of aromatic nitrogens is 1. The van der Waals surface area contributed by atoms with Crippen molar-refractivity contribution >= 4 is 28.3 Å². The summed E-state index contributed by atoms with van der Waals surface area (Å²) in [5, 5.41) is 5.01. The molecule has 0 fully saturated rings. The molecule has 2 rings (SSSR count). The van der Waals surface area contributed by atoms with Crippen LogP contribution in [0.15, 0.2) is 21.9 Å². The van der Waals surface area contributed by atoms with Crippen LogP contribution in [0.4, 0.5) is 11.0 Å². The summed E-state index contributed by atoms with van der Waals surface area (Å²) in [6.07, 6.45) is 0. The molecule has 0 bridgehead atoms. The molecule has 78 valence electrons. The number of nitrogens with zero attached hydrogens (tertiary/aromatic N) is 1. The van der Waals surface area contributed by atoms with Crippen LogP contribution in [0, 0.1) is 6.92 Å². The molecule has 2 heterocycles. The summed E-state index contributed by atoms with van der Waals surface area (Å²) in [4.78, 5) is 15.6. The van der Waals surface area contributed by atoms with Crippen LogP contribution < -0.4 is 11.1 Å². The molecule has 0 aliphatic rings. The van der Waals surface area contributed by atoms with Gasteiger partial charge in [-0.1, -0.05) is 0 Å². The second-order valence-electron chi connectivity index (χ2n) is 2.95. The SMILES string of the molecule is Cc1csc(NC(=O)c2ccc(N)o2)n1. The van der Waals surface area contributed by atoms with E-state index in [1.54, 1.807) is 0 Å². The molecule has 0 aromatic carbocycles. The molecule has 3 N–H and O–H groups in total. The van der Waals surface area contributed by atoms with Gasteiger partial charge in [0.25, 0.3) is 5.91 Å². The Labute approximate surface area is 89.9 Å². The molecular weight excluding hydrogens is 214 g/mol. The summed E-state index contributed by atoms with van der Waals surface area (Å²) < 4.78 is 4.97. The topological polar surface area (TPSA) is 81.2 Å². The number of hydrogen-bond acceptors (Lipinski definition) is 5. The Morgan fingerprint density at radius 1 is 1.60 bits per heavy atom. The fraction of sp³-hybridized carbons (Fsp3) is 0.111. The minimum Gasteiger partial charge on any atom is -0.436 e. The molecule has 0 aliphatic heterocycles. The lowest BCUT2D eigenvalue weighted by Gasteiger charge is -1.96. The average molecular weight is 223 g/mol. The first-order valence-corrected chi connectivity index (χ1v) is 5.12. The molecule has 0 atom stereocenters. The lowest BCUT2D eigenvalue weighted by Crippen LogP contribution is -2.10. The smallest absolute Gasteiger partial charge is 0.293 e. The number of furan rings is 1. The van der Waals surface area contributed by atoms with Crippen molar-refractivity contribution in [3.05, 3.63) is 29.0 Å². The number of carbonyl (C=O) groups excluding carboxylic acids is 1. The molecule has 5 nitrogen and oxygen atoms in total. The van der Waals surface area contributed by atoms with E-state index >= 15 is 0 Å². The number of rotatable bonds is 2. The van der Waals surface area contributed by atoms with Crippen LogP contribution in [0.25, 0.3) is 0 Å². The van der Waals surface area contributed by atoms with Crippen LogP contribution in [-0.4, -0.2) is 10.9 Å². The van der Waals surface area contributed by atoms with E-state index in [-0.39, 0.29) is 17.6 Å². The number of amides is 1. The van der Waals surface area contributed by atoms with Gasteiger partial charge in [0.05, 0.1) is 5.69 Å². The van der Waals surface area contributed by atoms with Crippen molar-refractivity contribution in [3.8, 4) is 0 Å². The van der Waals surface area contributed by atoms with Crippen molar-refractivity contribution in [2.75, 3.05) is 11.1 Å². The molecule has 0 saturated heterocycles. The monoisotopic (exact) mass is 223 g/mol. The Morgan fingerprint density at radius 3 is 2.93 bits per heavy atom. The highest BCUT2D eigenvalue weighted by molar-refractivity contribution is 7.13. The summed E-state index contributed by atoms with van der Waals surface area (Å²) in [5.74, 6) is 0.0527. The predicted molar refractivity (Wildman–Crippen MR) is 57.9 cm³/mol. The van der Waals surface area contributed by atoms with E-state index in [0.29, 0.717) is 5.13 Å². The fourth-order valence-electron chi connectivity index (χ4n) is 1.04. The van der Waals surface area contributed by atoms with Crippen LogP contribution >= 0.6 is 11.3 Å². The number of hydrogen-bond donors (Lipinski definition) is 2. The Kier molecular flexibility index (Phi) is 2.42. The molecule has 0 unspecified atom stereocenters. The third-order valence-corrected chi connectivity index (χ3v) is 2.57. The normalized spacial score (nSPS) is 10.2. The Bertz CT molecular complexity index is 489. The van der Waals surface area contributed by atoms with Gasteiger partial charge in [-0.2, -0.15) is 0 Å². The van der Waals surface area contributed by atoms with E-state index in [0.717, 1.165) is 5.69 Å². The van der Waals surface area contributed by atoms with Gasteiger partial charge < -0.3 is 10.2 Å². The van der Waals surface area contributed by atoms with E-state index < -0.39 is 0 Å². The number of nitrogens with two attached hydrogens (primary N) is 1. The Morgan fingerprint density at radius 2 is 2.40 bits per heavy atom. The van der Waals surface area contributed by atoms with Crippen molar-refractivity contribution in [2.45, 2.75) is 6.92 Å². The lowest BCUT2D eigenvalue weighted by atomic mass is 10.4. The molecule has 0 spiro atoms. The number of nitrogens with one attached hydrogen (secondary N) is 1. The highest BCUT2D eigenvalue weighted by Crippen LogP contribution is 2.16. The van der Waals surface area contributed by atoms with Gasteiger partial charge in [0.15, 0.2) is 16.8 Å². The summed E-state index contributed by atoms with van der Waals surface area (Å²) >= 11 is 1.36. The second kappa shape index (κ2) is 3.74. The van der Waals surface area contributed by atoms with Crippen LogP contribution in [0.2, 0.25) is 0 Å². The fourth-order valence-corrected chi connectivity index (χ4v) is 1.73. The first-order valence-electron chi connectivity index (χ1n) is 4.24. The van der Waals surface area contributed by atoms with Gasteiger partial charge in [-0.3, -0.25) is 10.1 Å². The molecule has 2 aromatic heterocycles. The molecular formula is C9H9N3O2S. The minimum atomic E-state index is -0.346. The molecule has 1 amide bonds. The maximum absolute atomic E-state index is 11.5. The lowest BCUT2D eigenvalue weighted by molar-refractivity contribution is 0.0997. The van der Waals surface area contributed by atoms with Crippen molar-refractivity contribution < 1.29 is 9.21 Å². The molecule has 2 aromatic rings. The van der Waals surface area contributed by atoms with Crippen LogP contribution in [0.5, 0.6) is 0 Å². The van der Waals surface area contributed by atoms with Crippen molar-refractivity contribution in [3.63, 3.8) is 0 Å². The highest BCUT2D eigenvalue weighted by Gasteiger charge is 2.11. The minimum absolute atomic E-state index is 0.181. The van der Waals surface area contributed by atoms with Gasteiger partial charge in [0.1, 0.15) is 0 Å². The predicted octanol–water partition coefficient (Wildman–Crippen LogP) is 1.88. The third-order valence-electron chi connectivity index (χ3n) is 1.69. The molecule has 6 heteroatoms. The summed E-state index contributed by atoms with van der Waals surface area (Å²) in [5.41, 5.74) is 6.22. The van der Waals surface area contributed by atoms with Crippen molar-refractivity contribution in [2.24, 2.45) is 0 Å². The van der Waals surface area contributed by atoms with Gasteiger partial charge in [0, 0.05) is 11.4 Å². The largest absolute Gasteiger partial charge is 0.436 e.